The highest BCUT2D eigenvalue weighted by Crippen LogP contribution is 2.40. The third kappa shape index (κ3) is 6.01. The van der Waals surface area contributed by atoms with E-state index in [1.807, 2.05) is 23.0 Å². The fourth-order valence-electron chi connectivity index (χ4n) is 5.46. The Hall–Kier alpha value is -3.41. The lowest BCUT2D eigenvalue weighted by molar-refractivity contribution is -0.275. The molecule has 1 saturated heterocycles. The SMILES string of the molecule is Cn1cc(-n2cc(CCC(C)(C)C3CCS(=O)(=O)CC3)c3ccc(-c4ccc(OC(F)(F)F)c(F)c4)nc32)cn1. The third-order valence-electron chi connectivity index (χ3n) is 7.86. The van der Waals surface area contributed by atoms with Gasteiger partial charge < -0.3 is 4.74 Å². The molecule has 0 amide bonds. The molecule has 40 heavy (non-hydrogen) atoms. The van der Waals surface area contributed by atoms with E-state index >= 15 is 0 Å². The van der Waals surface area contributed by atoms with Gasteiger partial charge in [-0.15, -0.1) is 13.2 Å². The molecule has 1 aromatic carbocycles. The van der Waals surface area contributed by atoms with Crippen LogP contribution in [0.5, 0.6) is 5.75 Å². The van der Waals surface area contributed by atoms with Gasteiger partial charge >= 0.3 is 6.36 Å². The molecule has 12 heteroatoms. The van der Waals surface area contributed by atoms with E-state index in [9.17, 15) is 26.0 Å². The minimum atomic E-state index is -5.00. The highest BCUT2D eigenvalue weighted by Gasteiger charge is 2.35. The van der Waals surface area contributed by atoms with Crippen molar-refractivity contribution < 1.29 is 30.7 Å². The molecule has 7 nitrogen and oxygen atoms in total. The monoisotopic (exact) mass is 578 g/mol. The number of sulfone groups is 1. The molecule has 214 valence electrons. The summed E-state index contributed by atoms with van der Waals surface area (Å²) >= 11 is 0. The molecule has 4 heterocycles. The van der Waals surface area contributed by atoms with Crippen molar-refractivity contribution in [2.75, 3.05) is 11.5 Å². The number of fused-ring (bicyclic) bond motifs is 1. The molecule has 0 atom stereocenters. The average molecular weight is 579 g/mol. The maximum absolute atomic E-state index is 14.4. The van der Waals surface area contributed by atoms with Crippen LogP contribution in [0.15, 0.2) is 48.9 Å². The molecule has 1 aliphatic rings. The van der Waals surface area contributed by atoms with Gasteiger partial charge in [-0.2, -0.15) is 5.10 Å². The summed E-state index contributed by atoms with van der Waals surface area (Å²) < 4.78 is 83.3. The summed E-state index contributed by atoms with van der Waals surface area (Å²) in [5, 5.41) is 5.16. The lowest BCUT2D eigenvalue weighted by Crippen LogP contribution is -2.33. The Balaban J connectivity index is 1.47. The molecular formula is C28H30F4N4O3S. The third-order valence-corrected chi connectivity index (χ3v) is 9.57. The van der Waals surface area contributed by atoms with Gasteiger partial charge in [-0.05, 0) is 72.9 Å². The molecule has 0 N–H and O–H groups in total. The first-order chi connectivity index (χ1) is 18.7. The Morgan fingerprint density at radius 2 is 1.80 bits per heavy atom. The highest BCUT2D eigenvalue weighted by atomic mass is 32.2. The molecular weight excluding hydrogens is 548 g/mol. The van der Waals surface area contributed by atoms with Gasteiger partial charge in [0.15, 0.2) is 11.6 Å². The van der Waals surface area contributed by atoms with Crippen molar-refractivity contribution in [2.45, 2.75) is 45.9 Å². The fraction of sp³-hybridized carbons (Fsp3) is 0.429. The van der Waals surface area contributed by atoms with Crippen LogP contribution in [0.25, 0.3) is 28.0 Å². The fourth-order valence-corrected chi connectivity index (χ4v) is 6.95. The molecule has 1 aliphatic heterocycles. The number of rotatable bonds is 7. The van der Waals surface area contributed by atoms with Crippen LogP contribution in [0.2, 0.25) is 0 Å². The lowest BCUT2D eigenvalue weighted by Gasteiger charge is -2.37. The van der Waals surface area contributed by atoms with Crippen LogP contribution in [0, 0.1) is 17.2 Å². The van der Waals surface area contributed by atoms with Gasteiger partial charge in [-0.25, -0.2) is 17.8 Å². The smallest absolute Gasteiger partial charge is 0.403 e. The molecule has 0 radical (unpaired) electrons. The predicted molar refractivity (Wildman–Crippen MR) is 143 cm³/mol. The van der Waals surface area contributed by atoms with Crippen LogP contribution in [0.4, 0.5) is 17.6 Å². The Labute approximate surface area is 229 Å². The molecule has 0 spiro atoms. The van der Waals surface area contributed by atoms with Crippen molar-refractivity contribution in [3.8, 4) is 22.7 Å². The number of hydrogen-bond acceptors (Lipinski definition) is 5. The zero-order valence-electron chi connectivity index (χ0n) is 22.4. The van der Waals surface area contributed by atoms with E-state index in [0.717, 1.165) is 41.6 Å². The molecule has 5 rings (SSSR count). The first-order valence-corrected chi connectivity index (χ1v) is 14.8. The Morgan fingerprint density at radius 1 is 1.07 bits per heavy atom. The quantitative estimate of drug-likeness (QED) is 0.242. The summed E-state index contributed by atoms with van der Waals surface area (Å²) in [7, 11) is -1.14. The number of benzene rings is 1. The first-order valence-electron chi connectivity index (χ1n) is 13.0. The topological polar surface area (TPSA) is 79.0 Å². The van der Waals surface area contributed by atoms with Gasteiger partial charge in [0.05, 0.1) is 29.1 Å². The van der Waals surface area contributed by atoms with Crippen LogP contribution < -0.4 is 4.74 Å². The second-order valence-electron chi connectivity index (χ2n) is 11.1. The number of alkyl halides is 3. The highest BCUT2D eigenvalue weighted by molar-refractivity contribution is 7.91. The summed E-state index contributed by atoms with van der Waals surface area (Å²) in [6.45, 7) is 4.37. The minimum absolute atomic E-state index is 0.0657. The number of halogens is 4. The Bertz CT molecular complexity index is 1640. The van der Waals surface area contributed by atoms with E-state index in [2.05, 4.69) is 23.7 Å². The zero-order chi connectivity index (χ0) is 28.9. The van der Waals surface area contributed by atoms with Gasteiger partial charge in [-0.1, -0.05) is 13.8 Å². The van der Waals surface area contributed by atoms with Crippen molar-refractivity contribution in [3.05, 3.63) is 60.3 Å². The Morgan fingerprint density at radius 3 is 2.42 bits per heavy atom. The molecule has 0 aliphatic carbocycles. The number of aryl methyl sites for hydroxylation is 2. The van der Waals surface area contributed by atoms with Crippen LogP contribution in [-0.2, 0) is 23.3 Å². The molecule has 4 aromatic rings. The largest absolute Gasteiger partial charge is 0.573 e. The standard InChI is InChI=1S/C28H30F4N4O3S/c1-27(2,20-9-12-40(37,38)13-10-20)11-8-19-16-36(21-15-33-35(3)17-21)26-22(19)5-6-24(34-26)18-4-7-25(23(29)14-18)39-28(30,31)32/h4-7,14-17,20H,8-13H2,1-3H3. The first kappa shape index (κ1) is 28.1. The maximum atomic E-state index is 14.4. The number of nitrogens with zero attached hydrogens (tertiary/aromatic N) is 4. The van der Waals surface area contributed by atoms with E-state index < -0.39 is 27.8 Å². The van der Waals surface area contributed by atoms with Crippen LogP contribution in [-0.4, -0.2) is 45.6 Å². The van der Waals surface area contributed by atoms with Gasteiger partial charge in [0.25, 0.3) is 0 Å². The second kappa shape index (κ2) is 10.2. The van der Waals surface area contributed by atoms with Gasteiger partial charge in [0.1, 0.15) is 15.5 Å². The second-order valence-corrected chi connectivity index (χ2v) is 13.4. The maximum Gasteiger partial charge on any atom is 0.573 e. The average Bonchev–Trinajstić information content (AvgIpc) is 3.46. The summed E-state index contributed by atoms with van der Waals surface area (Å²) in [6, 6.07) is 6.85. The summed E-state index contributed by atoms with van der Waals surface area (Å²) in [5.41, 5.74) is 3.07. The van der Waals surface area contributed by atoms with Gasteiger partial charge in [-0.3, -0.25) is 9.25 Å². The van der Waals surface area contributed by atoms with Crippen LogP contribution in [0.1, 0.15) is 38.7 Å². The summed E-state index contributed by atoms with van der Waals surface area (Å²) in [6.07, 6.45) is 3.46. The van der Waals surface area contributed by atoms with E-state index in [-0.39, 0.29) is 16.9 Å². The molecule has 3 aromatic heterocycles. The molecule has 0 unspecified atom stereocenters. The van der Waals surface area contributed by atoms with Gasteiger partial charge in [0, 0.05) is 30.4 Å². The zero-order valence-corrected chi connectivity index (χ0v) is 23.2. The van der Waals surface area contributed by atoms with Crippen molar-refractivity contribution >= 4 is 20.9 Å². The molecule has 0 saturated carbocycles. The van der Waals surface area contributed by atoms with Crippen LogP contribution >= 0.6 is 0 Å². The lowest BCUT2D eigenvalue weighted by atomic mass is 9.72. The molecule has 1 fully saturated rings. The predicted octanol–water partition coefficient (Wildman–Crippen LogP) is 6.25. The van der Waals surface area contributed by atoms with E-state index in [4.69, 9.17) is 4.98 Å². The molecule has 0 bridgehead atoms. The van der Waals surface area contributed by atoms with Crippen molar-refractivity contribution in [2.24, 2.45) is 18.4 Å². The summed E-state index contributed by atoms with van der Waals surface area (Å²) in [4.78, 5) is 4.78. The van der Waals surface area contributed by atoms with E-state index in [0.29, 0.717) is 35.7 Å². The van der Waals surface area contributed by atoms with E-state index in [1.54, 1.807) is 24.0 Å². The van der Waals surface area contributed by atoms with Crippen LogP contribution in [0.3, 0.4) is 0 Å². The number of aromatic nitrogens is 4. The number of ether oxygens (including phenoxy) is 1. The summed E-state index contributed by atoms with van der Waals surface area (Å²) in [5.74, 6) is -1.27. The van der Waals surface area contributed by atoms with Crippen molar-refractivity contribution in [3.63, 3.8) is 0 Å². The number of hydrogen-bond donors (Lipinski definition) is 0. The van der Waals surface area contributed by atoms with Crippen molar-refractivity contribution in [1.82, 2.24) is 19.3 Å². The number of pyridine rings is 1. The minimum Gasteiger partial charge on any atom is -0.403 e. The Kier molecular flexibility index (Phi) is 7.18. The normalized spacial score (nSPS) is 16.5. The van der Waals surface area contributed by atoms with E-state index in [1.165, 1.54) is 6.07 Å². The van der Waals surface area contributed by atoms with Crippen molar-refractivity contribution in [1.29, 1.82) is 0 Å². The van der Waals surface area contributed by atoms with Gasteiger partial charge in [0.2, 0.25) is 0 Å².